The Balaban J connectivity index is 2.76. The van der Waals surface area contributed by atoms with Gasteiger partial charge in [0.05, 0.1) is 5.02 Å². The van der Waals surface area contributed by atoms with Crippen LogP contribution in [0.3, 0.4) is 0 Å². The number of pyridine rings is 1. The van der Waals surface area contributed by atoms with Gasteiger partial charge in [0.1, 0.15) is 5.82 Å². The fourth-order valence-corrected chi connectivity index (χ4v) is 2.14. The van der Waals surface area contributed by atoms with Crippen molar-refractivity contribution in [3.63, 3.8) is 0 Å². The van der Waals surface area contributed by atoms with Gasteiger partial charge >= 0.3 is 0 Å². The summed E-state index contributed by atoms with van der Waals surface area (Å²) in [6, 6.07) is 2.07. The summed E-state index contributed by atoms with van der Waals surface area (Å²) in [7, 11) is 2.06. The summed E-state index contributed by atoms with van der Waals surface area (Å²) in [5.41, 5.74) is 1.18. The van der Waals surface area contributed by atoms with Crippen LogP contribution in [0.15, 0.2) is 12.3 Å². The van der Waals surface area contributed by atoms with E-state index in [1.165, 1.54) is 0 Å². The highest BCUT2D eigenvalue weighted by Gasteiger charge is 2.12. The maximum atomic E-state index is 6.21. The number of thioether (sulfide) groups is 1. The molecular weight excluding hydrogens is 278 g/mol. The normalized spacial score (nSPS) is 11.7. The zero-order chi connectivity index (χ0) is 14.5. The van der Waals surface area contributed by atoms with Crippen molar-refractivity contribution < 1.29 is 0 Å². The first kappa shape index (κ1) is 16.6. The molecule has 0 spiro atoms. The van der Waals surface area contributed by atoms with Gasteiger partial charge in [-0.15, -0.1) is 0 Å². The molecule has 0 fully saturated rings. The standard InChI is InChI=1S/C14H24ClN3S/c1-14(2,3)17-9-11-8-13(16-10-12(11)15)18(4)6-7-19-5/h8,10,17H,6-7,9H2,1-5H3. The summed E-state index contributed by atoms with van der Waals surface area (Å²) in [4.78, 5) is 6.55. The number of halogens is 1. The predicted molar refractivity (Wildman–Crippen MR) is 87.5 cm³/mol. The van der Waals surface area contributed by atoms with Crippen molar-refractivity contribution >= 4 is 29.2 Å². The third-order valence-corrected chi connectivity index (χ3v) is 3.68. The lowest BCUT2D eigenvalue weighted by molar-refractivity contribution is 0.424. The van der Waals surface area contributed by atoms with Crippen LogP contribution >= 0.6 is 23.4 Å². The molecule has 0 saturated carbocycles. The summed E-state index contributed by atoms with van der Waals surface area (Å²) in [6.07, 6.45) is 3.86. The van der Waals surface area contributed by atoms with Gasteiger partial charge in [-0.2, -0.15) is 11.8 Å². The number of aromatic nitrogens is 1. The van der Waals surface area contributed by atoms with Crippen molar-refractivity contribution in [1.29, 1.82) is 0 Å². The van der Waals surface area contributed by atoms with Gasteiger partial charge in [-0.1, -0.05) is 11.6 Å². The minimum absolute atomic E-state index is 0.0809. The van der Waals surface area contributed by atoms with Crippen molar-refractivity contribution in [3.05, 3.63) is 22.8 Å². The number of hydrogen-bond donors (Lipinski definition) is 1. The predicted octanol–water partition coefficient (Wildman–Crippen LogP) is 3.42. The van der Waals surface area contributed by atoms with Gasteiger partial charge in [0.25, 0.3) is 0 Å². The third kappa shape index (κ3) is 6.02. The average molecular weight is 302 g/mol. The molecule has 0 aromatic carbocycles. The molecule has 0 unspecified atom stereocenters. The van der Waals surface area contributed by atoms with Gasteiger partial charge in [0.2, 0.25) is 0 Å². The molecule has 0 aliphatic carbocycles. The minimum atomic E-state index is 0.0809. The Morgan fingerprint density at radius 1 is 1.42 bits per heavy atom. The highest BCUT2D eigenvalue weighted by atomic mass is 35.5. The monoisotopic (exact) mass is 301 g/mol. The Labute approximate surface area is 126 Å². The molecule has 0 amide bonds. The number of rotatable bonds is 6. The van der Waals surface area contributed by atoms with Crippen LogP contribution in [0.5, 0.6) is 0 Å². The van der Waals surface area contributed by atoms with Crippen LogP contribution < -0.4 is 10.2 Å². The van der Waals surface area contributed by atoms with Gasteiger partial charge in [-0.3, -0.25) is 0 Å². The van der Waals surface area contributed by atoms with E-state index in [0.29, 0.717) is 0 Å². The van der Waals surface area contributed by atoms with Gasteiger partial charge < -0.3 is 10.2 Å². The fraction of sp³-hybridized carbons (Fsp3) is 0.643. The fourth-order valence-electron chi connectivity index (χ4n) is 1.52. The summed E-state index contributed by atoms with van der Waals surface area (Å²) < 4.78 is 0. The van der Waals surface area contributed by atoms with Gasteiger partial charge in [-0.05, 0) is 38.7 Å². The summed E-state index contributed by atoms with van der Waals surface area (Å²) in [5, 5.41) is 4.17. The Kier molecular flexibility index (Phi) is 6.43. The van der Waals surface area contributed by atoms with Crippen LogP contribution in [-0.4, -0.2) is 36.1 Å². The molecular formula is C14H24ClN3S. The van der Waals surface area contributed by atoms with Crippen molar-refractivity contribution in [1.82, 2.24) is 10.3 Å². The minimum Gasteiger partial charge on any atom is -0.359 e. The van der Waals surface area contributed by atoms with Gasteiger partial charge in [0.15, 0.2) is 0 Å². The lowest BCUT2D eigenvalue weighted by Gasteiger charge is -2.22. The number of nitrogens with one attached hydrogen (secondary N) is 1. The number of anilines is 1. The summed E-state index contributed by atoms with van der Waals surface area (Å²) >= 11 is 8.05. The van der Waals surface area contributed by atoms with Crippen molar-refractivity contribution in [2.75, 3.05) is 30.5 Å². The van der Waals surface area contributed by atoms with Crippen LogP contribution in [-0.2, 0) is 6.54 Å². The Bertz CT molecular complexity index is 404. The molecule has 0 saturated heterocycles. The van der Waals surface area contributed by atoms with E-state index < -0.39 is 0 Å². The van der Waals surface area contributed by atoms with Crippen molar-refractivity contribution in [2.24, 2.45) is 0 Å². The van der Waals surface area contributed by atoms with Gasteiger partial charge in [0, 0.05) is 37.6 Å². The molecule has 1 heterocycles. The van der Waals surface area contributed by atoms with Crippen LogP contribution in [0.4, 0.5) is 5.82 Å². The molecule has 108 valence electrons. The van der Waals surface area contributed by atoms with Gasteiger partial charge in [-0.25, -0.2) is 4.98 Å². The molecule has 1 aromatic rings. The lowest BCUT2D eigenvalue weighted by atomic mass is 10.1. The van der Waals surface area contributed by atoms with E-state index in [1.807, 2.05) is 11.8 Å². The van der Waals surface area contributed by atoms with E-state index in [1.54, 1.807) is 6.20 Å². The quantitative estimate of drug-likeness (QED) is 0.871. The zero-order valence-electron chi connectivity index (χ0n) is 12.5. The second kappa shape index (κ2) is 7.36. The van der Waals surface area contributed by atoms with Crippen molar-refractivity contribution in [2.45, 2.75) is 32.9 Å². The third-order valence-electron chi connectivity index (χ3n) is 2.75. The first-order chi connectivity index (χ1) is 8.83. The first-order valence-corrected chi connectivity index (χ1v) is 8.20. The van der Waals surface area contributed by atoms with E-state index >= 15 is 0 Å². The van der Waals surface area contributed by atoms with Crippen LogP contribution in [0, 0.1) is 0 Å². The number of nitrogens with zero attached hydrogens (tertiary/aromatic N) is 2. The van der Waals surface area contributed by atoms with Crippen LogP contribution in [0.1, 0.15) is 26.3 Å². The van der Waals surface area contributed by atoms with E-state index in [9.17, 15) is 0 Å². The second-order valence-electron chi connectivity index (χ2n) is 5.65. The van der Waals surface area contributed by atoms with E-state index in [2.05, 4.69) is 55.3 Å². The zero-order valence-corrected chi connectivity index (χ0v) is 14.0. The Morgan fingerprint density at radius 3 is 2.68 bits per heavy atom. The summed E-state index contributed by atoms with van der Waals surface area (Å²) in [5.74, 6) is 2.07. The maximum absolute atomic E-state index is 6.21. The Morgan fingerprint density at radius 2 is 2.11 bits per heavy atom. The molecule has 0 atom stereocenters. The molecule has 0 bridgehead atoms. The van der Waals surface area contributed by atoms with Crippen LogP contribution in [0.2, 0.25) is 5.02 Å². The number of hydrogen-bond acceptors (Lipinski definition) is 4. The maximum Gasteiger partial charge on any atom is 0.128 e. The highest BCUT2D eigenvalue weighted by molar-refractivity contribution is 7.98. The smallest absolute Gasteiger partial charge is 0.128 e. The Hall–Kier alpha value is -0.450. The summed E-state index contributed by atoms with van der Waals surface area (Å²) in [6.45, 7) is 8.19. The second-order valence-corrected chi connectivity index (χ2v) is 7.04. The first-order valence-electron chi connectivity index (χ1n) is 6.43. The lowest BCUT2D eigenvalue weighted by Crippen LogP contribution is -2.35. The molecule has 1 rings (SSSR count). The van der Waals surface area contributed by atoms with E-state index in [0.717, 1.165) is 35.2 Å². The molecule has 19 heavy (non-hydrogen) atoms. The van der Waals surface area contributed by atoms with E-state index in [-0.39, 0.29) is 5.54 Å². The SMILES string of the molecule is CSCCN(C)c1cc(CNC(C)(C)C)c(Cl)cn1. The van der Waals surface area contributed by atoms with Crippen molar-refractivity contribution in [3.8, 4) is 0 Å². The van der Waals surface area contributed by atoms with Crippen LogP contribution in [0.25, 0.3) is 0 Å². The average Bonchev–Trinajstić information content (AvgIpc) is 2.34. The molecule has 0 aliphatic heterocycles. The van der Waals surface area contributed by atoms with E-state index in [4.69, 9.17) is 11.6 Å². The topological polar surface area (TPSA) is 28.2 Å². The highest BCUT2D eigenvalue weighted by Crippen LogP contribution is 2.20. The molecule has 5 heteroatoms. The largest absolute Gasteiger partial charge is 0.359 e. The molecule has 0 aliphatic rings. The molecule has 1 N–H and O–H groups in total. The molecule has 3 nitrogen and oxygen atoms in total. The molecule has 0 radical (unpaired) electrons. The molecule has 1 aromatic heterocycles.